The lowest BCUT2D eigenvalue weighted by Gasteiger charge is -2.22. The summed E-state index contributed by atoms with van der Waals surface area (Å²) in [5, 5.41) is 6.21. The molecule has 1 atom stereocenters. The number of thioether (sulfide) groups is 1. The van der Waals surface area contributed by atoms with Crippen LogP contribution in [0.2, 0.25) is 0 Å². The molecule has 2 rings (SSSR count). The highest BCUT2D eigenvalue weighted by Gasteiger charge is 2.12. The molecule has 1 heterocycles. The van der Waals surface area contributed by atoms with E-state index in [1.807, 2.05) is 36.0 Å². The Labute approximate surface area is 113 Å². The molecule has 1 amide bonds. The average Bonchev–Trinajstić information content (AvgIpc) is 2.46. The van der Waals surface area contributed by atoms with Gasteiger partial charge in [0.25, 0.3) is 5.91 Å². The summed E-state index contributed by atoms with van der Waals surface area (Å²) in [7, 11) is 1.65. The first-order chi connectivity index (χ1) is 8.79. The molecule has 3 nitrogen and oxygen atoms in total. The molecule has 4 heteroatoms. The van der Waals surface area contributed by atoms with Gasteiger partial charge in [-0.3, -0.25) is 4.79 Å². The fraction of sp³-hybridized carbons (Fsp3) is 0.500. The topological polar surface area (TPSA) is 41.1 Å². The fourth-order valence-corrected chi connectivity index (χ4v) is 3.19. The third-order valence-electron chi connectivity index (χ3n) is 3.20. The monoisotopic (exact) mass is 264 g/mol. The van der Waals surface area contributed by atoms with Crippen LogP contribution in [0.25, 0.3) is 0 Å². The average molecular weight is 264 g/mol. The molecule has 18 heavy (non-hydrogen) atoms. The van der Waals surface area contributed by atoms with Gasteiger partial charge in [-0.05, 0) is 36.3 Å². The van der Waals surface area contributed by atoms with Gasteiger partial charge in [-0.1, -0.05) is 12.1 Å². The van der Waals surface area contributed by atoms with Crippen molar-refractivity contribution in [1.82, 2.24) is 10.6 Å². The summed E-state index contributed by atoms with van der Waals surface area (Å²) in [5.74, 6) is 2.49. The van der Waals surface area contributed by atoms with Crippen molar-refractivity contribution in [3.63, 3.8) is 0 Å². The molecule has 1 aliphatic heterocycles. The van der Waals surface area contributed by atoms with Crippen molar-refractivity contribution in [2.75, 3.05) is 18.6 Å². The highest BCUT2D eigenvalue weighted by molar-refractivity contribution is 7.99. The highest BCUT2D eigenvalue weighted by Crippen LogP contribution is 2.17. The van der Waals surface area contributed by atoms with Crippen molar-refractivity contribution in [2.24, 2.45) is 0 Å². The van der Waals surface area contributed by atoms with E-state index in [9.17, 15) is 4.79 Å². The van der Waals surface area contributed by atoms with E-state index in [-0.39, 0.29) is 5.91 Å². The Hall–Kier alpha value is -1.00. The number of benzene rings is 1. The summed E-state index contributed by atoms with van der Waals surface area (Å²) in [6.45, 7) is 0.888. The zero-order valence-corrected chi connectivity index (χ0v) is 11.6. The van der Waals surface area contributed by atoms with Gasteiger partial charge >= 0.3 is 0 Å². The van der Waals surface area contributed by atoms with Crippen LogP contribution in [0.3, 0.4) is 0 Å². The summed E-state index contributed by atoms with van der Waals surface area (Å²) in [6.07, 6.45) is 2.60. The molecular formula is C14H20N2OS. The van der Waals surface area contributed by atoms with Crippen LogP contribution in [0.5, 0.6) is 0 Å². The van der Waals surface area contributed by atoms with Crippen molar-refractivity contribution >= 4 is 17.7 Å². The maximum absolute atomic E-state index is 11.4. The third-order valence-corrected chi connectivity index (χ3v) is 4.41. The van der Waals surface area contributed by atoms with Crippen LogP contribution in [0.4, 0.5) is 0 Å². The number of carbonyl (C=O) groups excluding carboxylic acids is 1. The van der Waals surface area contributed by atoms with Crippen LogP contribution in [0.1, 0.15) is 28.8 Å². The molecule has 1 saturated heterocycles. The van der Waals surface area contributed by atoms with Crippen molar-refractivity contribution in [3.8, 4) is 0 Å². The Morgan fingerprint density at radius 2 is 2.17 bits per heavy atom. The molecule has 0 saturated carbocycles. The molecule has 1 fully saturated rings. The standard InChI is InChI=1S/C14H20N2OS/c1-15-14(17)12-6-4-11(5-7-12)9-16-13-3-2-8-18-10-13/h4-7,13,16H,2-3,8-10H2,1H3,(H,15,17). The molecule has 1 aromatic carbocycles. The van der Waals surface area contributed by atoms with Gasteiger partial charge in [-0.2, -0.15) is 11.8 Å². The van der Waals surface area contributed by atoms with Crippen molar-refractivity contribution in [2.45, 2.75) is 25.4 Å². The third kappa shape index (κ3) is 3.75. The first kappa shape index (κ1) is 13.4. The lowest BCUT2D eigenvalue weighted by molar-refractivity contribution is 0.0963. The Morgan fingerprint density at radius 3 is 2.78 bits per heavy atom. The van der Waals surface area contributed by atoms with Gasteiger partial charge in [-0.15, -0.1) is 0 Å². The molecule has 2 N–H and O–H groups in total. The lowest BCUT2D eigenvalue weighted by atomic mass is 10.1. The van der Waals surface area contributed by atoms with E-state index >= 15 is 0 Å². The minimum atomic E-state index is -0.0295. The summed E-state index contributed by atoms with van der Waals surface area (Å²) < 4.78 is 0. The van der Waals surface area contributed by atoms with Gasteiger partial charge in [0.2, 0.25) is 0 Å². The number of nitrogens with one attached hydrogen (secondary N) is 2. The molecule has 0 spiro atoms. The quantitative estimate of drug-likeness (QED) is 0.874. The summed E-state index contributed by atoms with van der Waals surface area (Å²) in [5.41, 5.74) is 1.95. The second-order valence-corrected chi connectivity index (χ2v) is 5.72. The first-order valence-electron chi connectivity index (χ1n) is 6.42. The van der Waals surface area contributed by atoms with Crippen molar-refractivity contribution < 1.29 is 4.79 Å². The summed E-state index contributed by atoms with van der Waals surface area (Å²) >= 11 is 2.03. The molecule has 1 aliphatic rings. The van der Waals surface area contributed by atoms with E-state index < -0.39 is 0 Å². The lowest BCUT2D eigenvalue weighted by Crippen LogP contribution is -2.33. The van der Waals surface area contributed by atoms with Crippen molar-refractivity contribution in [1.29, 1.82) is 0 Å². The van der Waals surface area contributed by atoms with E-state index in [0.717, 1.165) is 12.1 Å². The van der Waals surface area contributed by atoms with E-state index in [2.05, 4.69) is 10.6 Å². The largest absolute Gasteiger partial charge is 0.355 e. The van der Waals surface area contributed by atoms with Gasteiger partial charge < -0.3 is 10.6 Å². The van der Waals surface area contributed by atoms with Gasteiger partial charge in [0.15, 0.2) is 0 Å². The Kier molecular flexibility index (Phi) is 5.08. The van der Waals surface area contributed by atoms with Crippen LogP contribution in [0, 0.1) is 0 Å². The van der Waals surface area contributed by atoms with E-state index in [1.54, 1.807) is 7.05 Å². The van der Waals surface area contributed by atoms with E-state index in [1.165, 1.54) is 29.9 Å². The summed E-state index contributed by atoms with van der Waals surface area (Å²) in [6, 6.07) is 8.44. The zero-order chi connectivity index (χ0) is 12.8. The smallest absolute Gasteiger partial charge is 0.251 e. The van der Waals surface area contributed by atoms with E-state index in [0.29, 0.717) is 6.04 Å². The normalized spacial score (nSPS) is 19.5. The van der Waals surface area contributed by atoms with Crippen LogP contribution in [-0.2, 0) is 6.54 Å². The minimum Gasteiger partial charge on any atom is -0.355 e. The van der Waals surface area contributed by atoms with Crippen LogP contribution >= 0.6 is 11.8 Å². The van der Waals surface area contributed by atoms with Gasteiger partial charge in [0.05, 0.1) is 0 Å². The SMILES string of the molecule is CNC(=O)c1ccc(CNC2CCCSC2)cc1. The molecule has 0 aliphatic carbocycles. The van der Waals surface area contributed by atoms with Crippen LogP contribution in [-0.4, -0.2) is 30.5 Å². The first-order valence-corrected chi connectivity index (χ1v) is 7.57. The maximum atomic E-state index is 11.4. The number of carbonyl (C=O) groups is 1. The Bertz CT molecular complexity index is 385. The zero-order valence-electron chi connectivity index (χ0n) is 10.7. The highest BCUT2D eigenvalue weighted by atomic mass is 32.2. The number of rotatable bonds is 4. The maximum Gasteiger partial charge on any atom is 0.251 e. The van der Waals surface area contributed by atoms with Gasteiger partial charge in [0.1, 0.15) is 0 Å². The molecule has 1 unspecified atom stereocenters. The van der Waals surface area contributed by atoms with Crippen LogP contribution in [0.15, 0.2) is 24.3 Å². The molecule has 1 aromatic rings. The van der Waals surface area contributed by atoms with Gasteiger partial charge in [-0.25, -0.2) is 0 Å². The van der Waals surface area contributed by atoms with E-state index in [4.69, 9.17) is 0 Å². The summed E-state index contributed by atoms with van der Waals surface area (Å²) in [4.78, 5) is 11.4. The predicted octanol–water partition coefficient (Wildman–Crippen LogP) is 2.03. The number of hydrogen-bond acceptors (Lipinski definition) is 3. The minimum absolute atomic E-state index is 0.0295. The van der Waals surface area contributed by atoms with Crippen LogP contribution < -0.4 is 10.6 Å². The van der Waals surface area contributed by atoms with Crippen molar-refractivity contribution in [3.05, 3.63) is 35.4 Å². The molecular weight excluding hydrogens is 244 g/mol. The molecule has 0 radical (unpaired) electrons. The second-order valence-electron chi connectivity index (χ2n) is 4.57. The molecule has 0 aromatic heterocycles. The van der Waals surface area contributed by atoms with Gasteiger partial charge in [0, 0.05) is 31.0 Å². The Morgan fingerprint density at radius 1 is 1.39 bits per heavy atom. The number of amides is 1. The molecule has 0 bridgehead atoms. The Balaban J connectivity index is 1.84. The fourth-order valence-electron chi connectivity index (χ4n) is 2.08. The molecule has 98 valence electrons. The number of hydrogen-bond donors (Lipinski definition) is 2. The predicted molar refractivity (Wildman–Crippen MR) is 77.0 cm³/mol. The second kappa shape index (κ2) is 6.81.